The standard InChI is InChI=1S/C12H17BrN2OS/c1-8(2)15-12(16)7-17-11-4-3-9(6-14)5-10(11)13/h3-5,8H,6-7,14H2,1-2H3,(H,15,16). The van der Waals surface area contributed by atoms with E-state index in [1.165, 1.54) is 11.8 Å². The van der Waals surface area contributed by atoms with Crippen LogP contribution in [0.3, 0.4) is 0 Å². The largest absolute Gasteiger partial charge is 0.353 e. The van der Waals surface area contributed by atoms with E-state index in [1.807, 2.05) is 32.0 Å². The van der Waals surface area contributed by atoms with Crippen LogP contribution in [0.4, 0.5) is 0 Å². The Morgan fingerprint density at radius 2 is 2.24 bits per heavy atom. The zero-order valence-corrected chi connectivity index (χ0v) is 12.4. The lowest BCUT2D eigenvalue weighted by molar-refractivity contribution is -0.119. The maximum absolute atomic E-state index is 11.5. The number of nitrogens with one attached hydrogen (secondary N) is 1. The maximum atomic E-state index is 11.5. The van der Waals surface area contributed by atoms with Crippen molar-refractivity contribution in [1.82, 2.24) is 5.32 Å². The lowest BCUT2D eigenvalue weighted by atomic mass is 10.2. The number of benzene rings is 1. The van der Waals surface area contributed by atoms with E-state index < -0.39 is 0 Å². The summed E-state index contributed by atoms with van der Waals surface area (Å²) in [6, 6.07) is 6.14. The third kappa shape index (κ3) is 5.10. The van der Waals surface area contributed by atoms with Crippen molar-refractivity contribution < 1.29 is 4.79 Å². The van der Waals surface area contributed by atoms with E-state index in [-0.39, 0.29) is 11.9 Å². The van der Waals surface area contributed by atoms with E-state index in [0.29, 0.717) is 12.3 Å². The van der Waals surface area contributed by atoms with E-state index in [2.05, 4.69) is 21.2 Å². The molecule has 0 heterocycles. The number of rotatable bonds is 5. The molecule has 0 fully saturated rings. The Hall–Kier alpha value is -0.520. The molecule has 1 amide bonds. The first kappa shape index (κ1) is 14.5. The van der Waals surface area contributed by atoms with Gasteiger partial charge in [-0.1, -0.05) is 6.07 Å². The van der Waals surface area contributed by atoms with Crippen LogP contribution >= 0.6 is 27.7 Å². The normalized spacial score (nSPS) is 10.6. The Labute approximate surface area is 115 Å². The molecule has 0 bridgehead atoms. The summed E-state index contributed by atoms with van der Waals surface area (Å²) in [5.74, 6) is 0.485. The lowest BCUT2D eigenvalue weighted by Gasteiger charge is -2.09. The molecule has 0 aliphatic heterocycles. The van der Waals surface area contributed by atoms with E-state index in [4.69, 9.17) is 5.73 Å². The van der Waals surface area contributed by atoms with Crippen LogP contribution in [-0.2, 0) is 11.3 Å². The van der Waals surface area contributed by atoms with Gasteiger partial charge in [0.05, 0.1) is 5.75 Å². The van der Waals surface area contributed by atoms with E-state index in [0.717, 1.165) is 14.9 Å². The summed E-state index contributed by atoms with van der Waals surface area (Å²) >= 11 is 5.00. The molecule has 0 saturated heterocycles. The second kappa shape index (κ2) is 7.03. The van der Waals surface area contributed by atoms with Crippen molar-refractivity contribution in [2.45, 2.75) is 31.3 Å². The highest BCUT2D eigenvalue weighted by Gasteiger charge is 2.07. The number of amides is 1. The number of nitrogens with two attached hydrogens (primary N) is 1. The van der Waals surface area contributed by atoms with Crippen LogP contribution < -0.4 is 11.1 Å². The van der Waals surface area contributed by atoms with Gasteiger partial charge in [-0.3, -0.25) is 4.79 Å². The van der Waals surface area contributed by atoms with Crippen LogP contribution in [0.5, 0.6) is 0 Å². The molecule has 1 aromatic carbocycles. The van der Waals surface area contributed by atoms with E-state index in [9.17, 15) is 4.79 Å². The topological polar surface area (TPSA) is 55.1 Å². The molecular formula is C12H17BrN2OS. The van der Waals surface area contributed by atoms with Gasteiger partial charge in [0.2, 0.25) is 5.91 Å². The third-order valence-electron chi connectivity index (χ3n) is 2.04. The van der Waals surface area contributed by atoms with Gasteiger partial charge in [-0.15, -0.1) is 11.8 Å². The molecule has 1 rings (SSSR count). The minimum absolute atomic E-state index is 0.0554. The highest BCUT2D eigenvalue weighted by Crippen LogP contribution is 2.28. The smallest absolute Gasteiger partial charge is 0.230 e. The Morgan fingerprint density at radius 3 is 2.76 bits per heavy atom. The predicted octanol–water partition coefficient (Wildman–Crippen LogP) is 2.52. The SMILES string of the molecule is CC(C)NC(=O)CSc1ccc(CN)cc1Br. The van der Waals surface area contributed by atoms with Crippen molar-refractivity contribution in [3.63, 3.8) is 0 Å². The molecule has 0 radical (unpaired) electrons. The summed E-state index contributed by atoms with van der Waals surface area (Å²) in [5.41, 5.74) is 6.63. The first-order chi connectivity index (χ1) is 8.02. The van der Waals surface area contributed by atoms with Crippen molar-refractivity contribution >= 4 is 33.6 Å². The van der Waals surface area contributed by atoms with Crippen LogP contribution in [0.25, 0.3) is 0 Å². The minimum atomic E-state index is 0.0554. The fraction of sp³-hybridized carbons (Fsp3) is 0.417. The van der Waals surface area contributed by atoms with Crippen LogP contribution in [0.1, 0.15) is 19.4 Å². The van der Waals surface area contributed by atoms with Crippen molar-refractivity contribution in [1.29, 1.82) is 0 Å². The van der Waals surface area contributed by atoms with Gasteiger partial charge in [-0.05, 0) is 47.5 Å². The number of carbonyl (C=O) groups is 1. The summed E-state index contributed by atoms with van der Waals surface area (Å²) in [5, 5.41) is 2.86. The molecule has 0 saturated carbocycles. The molecule has 0 aliphatic carbocycles. The number of hydrogen-bond acceptors (Lipinski definition) is 3. The molecular weight excluding hydrogens is 300 g/mol. The molecule has 3 nitrogen and oxygen atoms in total. The second-order valence-electron chi connectivity index (χ2n) is 3.98. The van der Waals surface area contributed by atoms with Crippen molar-refractivity contribution in [2.24, 2.45) is 5.73 Å². The third-order valence-corrected chi connectivity index (χ3v) is 4.03. The first-order valence-corrected chi connectivity index (χ1v) is 7.21. The predicted molar refractivity (Wildman–Crippen MR) is 76.0 cm³/mol. The second-order valence-corrected chi connectivity index (χ2v) is 5.85. The van der Waals surface area contributed by atoms with Crippen LogP contribution in [0, 0.1) is 0 Å². The van der Waals surface area contributed by atoms with Gasteiger partial charge < -0.3 is 11.1 Å². The molecule has 0 aliphatic rings. The quantitative estimate of drug-likeness (QED) is 0.821. The van der Waals surface area contributed by atoms with Gasteiger partial charge in [-0.2, -0.15) is 0 Å². The Morgan fingerprint density at radius 1 is 1.53 bits per heavy atom. The lowest BCUT2D eigenvalue weighted by Crippen LogP contribution is -2.31. The molecule has 1 aromatic rings. The van der Waals surface area contributed by atoms with Crippen LogP contribution in [0.2, 0.25) is 0 Å². The van der Waals surface area contributed by atoms with Crippen molar-refractivity contribution in [2.75, 3.05) is 5.75 Å². The van der Waals surface area contributed by atoms with Gasteiger partial charge in [-0.25, -0.2) is 0 Å². The average Bonchev–Trinajstić information content (AvgIpc) is 2.26. The molecule has 3 N–H and O–H groups in total. The van der Waals surface area contributed by atoms with Gasteiger partial charge in [0.1, 0.15) is 0 Å². The molecule has 94 valence electrons. The maximum Gasteiger partial charge on any atom is 0.230 e. The van der Waals surface area contributed by atoms with Crippen molar-refractivity contribution in [3.8, 4) is 0 Å². The highest BCUT2D eigenvalue weighted by atomic mass is 79.9. The monoisotopic (exact) mass is 316 g/mol. The molecule has 0 unspecified atom stereocenters. The van der Waals surface area contributed by atoms with Gasteiger partial charge >= 0.3 is 0 Å². The van der Waals surface area contributed by atoms with E-state index >= 15 is 0 Å². The summed E-state index contributed by atoms with van der Waals surface area (Å²) in [6.07, 6.45) is 0. The van der Waals surface area contributed by atoms with Gasteiger partial charge in [0.25, 0.3) is 0 Å². The van der Waals surface area contributed by atoms with Crippen molar-refractivity contribution in [3.05, 3.63) is 28.2 Å². The fourth-order valence-corrected chi connectivity index (χ4v) is 2.80. The van der Waals surface area contributed by atoms with Gasteiger partial charge in [0.15, 0.2) is 0 Å². The Kier molecular flexibility index (Phi) is 6.02. The molecule has 0 spiro atoms. The Balaban J connectivity index is 2.55. The molecule has 5 heteroatoms. The zero-order chi connectivity index (χ0) is 12.8. The number of thioether (sulfide) groups is 1. The Bertz CT molecular complexity index is 396. The van der Waals surface area contributed by atoms with Gasteiger partial charge in [0, 0.05) is 22.0 Å². The van der Waals surface area contributed by atoms with Crippen LogP contribution in [0.15, 0.2) is 27.6 Å². The first-order valence-electron chi connectivity index (χ1n) is 5.43. The summed E-state index contributed by atoms with van der Waals surface area (Å²) in [4.78, 5) is 12.6. The fourth-order valence-electron chi connectivity index (χ4n) is 1.30. The van der Waals surface area contributed by atoms with Crippen LogP contribution in [-0.4, -0.2) is 17.7 Å². The molecule has 0 aromatic heterocycles. The molecule has 17 heavy (non-hydrogen) atoms. The molecule has 0 atom stereocenters. The summed E-state index contributed by atoms with van der Waals surface area (Å²) in [6.45, 7) is 4.43. The minimum Gasteiger partial charge on any atom is -0.353 e. The number of hydrogen-bond donors (Lipinski definition) is 2. The summed E-state index contributed by atoms with van der Waals surface area (Å²) in [7, 11) is 0. The zero-order valence-electron chi connectivity index (χ0n) is 10.00. The van der Waals surface area contributed by atoms with E-state index in [1.54, 1.807) is 0 Å². The summed E-state index contributed by atoms with van der Waals surface area (Å²) < 4.78 is 0.989. The number of halogens is 1. The number of carbonyl (C=O) groups excluding carboxylic acids is 1. The average molecular weight is 317 g/mol. The highest BCUT2D eigenvalue weighted by molar-refractivity contribution is 9.10.